The number of hydrogen-bond donors (Lipinski definition) is 2. The summed E-state index contributed by atoms with van der Waals surface area (Å²) in [5.74, 6) is 1.35. The summed E-state index contributed by atoms with van der Waals surface area (Å²) in [6.45, 7) is 0. The Kier molecular flexibility index (Phi) is 5.75. The highest BCUT2D eigenvalue weighted by Crippen LogP contribution is 2.48. The molecule has 9 nitrogen and oxygen atoms in total. The average Bonchev–Trinajstić information content (AvgIpc) is 3.25. The zero-order chi connectivity index (χ0) is 23.7. The van der Waals surface area contributed by atoms with Crippen LogP contribution in [0.25, 0.3) is 11.3 Å². The van der Waals surface area contributed by atoms with Crippen LogP contribution in [0.5, 0.6) is 23.1 Å². The molecule has 2 aromatic carbocycles. The molecule has 0 saturated heterocycles. The zero-order valence-electron chi connectivity index (χ0n) is 19.1. The fourth-order valence-corrected chi connectivity index (χ4v) is 3.99. The maximum absolute atomic E-state index is 9.93. The number of methoxy groups -OCH3 is 3. The molecule has 0 spiro atoms. The lowest BCUT2D eigenvalue weighted by Crippen LogP contribution is -2.21. The van der Waals surface area contributed by atoms with Gasteiger partial charge in [-0.3, -0.25) is 5.10 Å². The van der Waals surface area contributed by atoms with Crippen molar-refractivity contribution in [2.75, 3.05) is 40.3 Å². The van der Waals surface area contributed by atoms with E-state index >= 15 is 0 Å². The minimum absolute atomic E-state index is 0.0367. The molecule has 0 radical (unpaired) electrons. The van der Waals surface area contributed by atoms with Crippen molar-refractivity contribution in [1.82, 2.24) is 10.2 Å². The van der Waals surface area contributed by atoms with E-state index in [-0.39, 0.29) is 5.88 Å². The third kappa shape index (κ3) is 3.65. The Bertz CT molecular complexity index is 1230. The summed E-state index contributed by atoms with van der Waals surface area (Å²) < 4.78 is 22.2. The Hall–Kier alpha value is -4.32. The molecule has 170 valence electrons. The second kappa shape index (κ2) is 8.67. The van der Waals surface area contributed by atoms with Crippen LogP contribution >= 0.6 is 0 Å². The molecule has 3 aromatic rings. The lowest BCUT2D eigenvalue weighted by Gasteiger charge is -2.25. The second-order valence-corrected chi connectivity index (χ2v) is 7.64. The first kappa shape index (κ1) is 21.9. The van der Waals surface area contributed by atoms with Gasteiger partial charge in [0.25, 0.3) is 0 Å². The maximum Gasteiger partial charge on any atom is 0.244 e. The van der Waals surface area contributed by atoms with Crippen molar-refractivity contribution in [1.29, 1.82) is 5.26 Å². The van der Waals surface area contributed by atoms with E-state index in [9.17, 15) is 5.26 Å². The lowest BCUT2D eigenvalue weighted by atomic mass is 9.83. The molecule has 0 bridgehead atoms. The third-order valence-electron chi connectivity index (χ3n) is 5.64. The molecular weight excluding hydrogens is 422 g/mol. The Balaban J connectivity index is 1.92. The van der Waals surface area contributed by atoms with Crippen LogP contribution in [0, 0.1) is 11.3 Å². The van der Waals surface area contributed by atoms with E-state index in [0.29, 0.717) is 40.0 Å². The van der Waals surface area contributed by atoms with Crippen LogP contribution in [0.3, 0.4) is 0 Å². The molecule has 1 aliphatic heterocycles. The van der Waals surface area contributed by atoms with Gasteiger partial charge >= 0.3 is 0 Å². The van der Waals surface area contributed by atoms with Crippen molar-refractivity contribution >= 4 is 5.69 Å². The lowest BCUT2D eigenvalue weighted by molar-refractivity contribution is 0.324. The monoisotopic (exact) mass is 447 g/mol. The molecular formula is C24H25N5O4. The first-order valence-corrected chi connectivity index (χ1v) is 10.2. The quantitative estimate of drug-likeness (QED) is 0.590. The van der Waals surface area contributed by atoms with E-state index < -0.39 is 5.92 Å². The van der Waals surface area contributed by atoms with Gasteiger partial charge in [-0.05, 0) is 29.8 Å². The number of aromatic amines is 1. The van der Waals surface area contributed by atoms with Crippen molar-refractivity contribution in [3.8, 4) is 40.5 Å². The summed E-state index contributed by atoms with van der Waals surface area (Å²) in [5, 5.41) is 17.3. The summed E-state index contributed by atoms with van der Waals surface area (Å²) in [5.41, 5.74) is 10.4. The fourth-order valence-electron chi connectivity index (χ4n) is 3.99. The summed E-state index contributed by atoms with van der Waals surface area (Å²) in [6, 6.07) is 13.8. The van der Waals surface area contributed by atoms with Gasteiger partial charge < -0.3 is 29.6 Å². The highest BCUT2D eigenvalue weighted by Gasteiger charge is 2.36. The summed E-state index contributed by atoms with van der Waals surface area (Å²) in [6.07, 6.45) is 0. The van der Waals surface area contributed by atoms with Crippen molar-refractivity contribution in [2.45, 2.75) is 5.92 Å². The molecule has 9 heteroatoms. The van der Waals surface area contributed by atoms with Crippen LogP contribution in [0.2, 0.25) is 0 Å². The molecule has 0 fully saturated rings. The summed E-state index contributed by atoms with van der Waals surface area (Å²) in [7, 11) is 8.60. The van der Waals surface area contributed by atoms with Crippen molar-refractivity contribution in [2.24, 2.45) is 5.73 Å². The normalized spacial score (nSPS) is 14.7. The van der Waals surface area contributed by atoms with E-state index in [2.05, 4.69) is 16.3 Å². The van der Waals surface area contributed by atoms with Crippen LogP contribution in [-0.4, -0.2) is 45.6 Å². The highest BCUT2D eigenvalue weighted by atomic mass is 16.5. The number of nitriles is 1. The number of hydrogen-bond acceptors (Lipinski definition) is 8. The minimum Gasteiger partial charge on any atom is -0.493 e. The first-order valence-electron chi connectivity index (χ1n) is 10.2. The van der Waals surface area contributed by atoms with Gasteiger partial charge in [0.15, 0.2) is 11.5 Å². The zero-order valence-corrected chi connectivity index (χ0v) is 19.1. The van der Waals surface area contributed by atoms with Gasteiger partial charge in [-0.15, -0.1) is 5.10 Å². The SMILES string of the molecule is COc1cc(-c2[nH]nc3c2C(c2ccc(N(C)C)cc2)C(C#N)=C(N)O3)cc(OC)c1OC. The summed E-state index contributed by atoms with van der Waals surface area (Å²) >= 11 is 0. The molecule has 1 unspecified atom stereocenters. The van der Waals surface area contributed by atoms with Crippen LogP contribution in [-0.2, 0) is 0 Å². The number of allylic oxidation sites excluding steroid dienone is 1. The number of ether oxygens (including phenoxy) is 4. The van der Waals surface area contributed by atoms with Crippen LogP contribution in [0.15, 0.2) is 47.9 Å². The van der Waals surface area contributed by atoms with E-state index in [1.165, 1.54) is 0 Å². The van der Waals surface area contributed by atoms with E-state index in [0.717, 1.165) is 16.8 Å². The average molecular weight is 447 g/mol. The molecule has 0 aliphatic carbocycles. The molecule has 33 heavy (non-hydrogen) atoms. The Morgan fingerprint density at radius 3 is 2.21 bits per heavy atom. The predicted molar refractivity (Wildman–Crippen MR) is 124 cm³/mol. The van der Waals surface area contributed by atoms with Gasteiger partial charge in [-0.2, -0.15) is 5.26 Å². The number of anilines is 1. The van der Waals surface area contributed by atoms with Crippen molar-refractivity contribution in [3.63, 3.8) is 0 Å². The van der Waals surface area contributed by atoms with Gasteiger partial charge in [0.2, 0.25) is 17.5 Å². The third-order valence-corrected chi connectivity index (χ3v) is 5.64. The number of nitrogens with zero attached hydrogens (tertiary/aromatic N) is 3. The molecule has 1 atom stereocenters. The largest absolute Gasteiger partial charge is 0.493 e. The fraction of sp³-hybridized carbons (Fsp3) is 0.250. The van der Waals surface area contributed by atoms with Crippen molar-refractivity contribution in [3.05, 3.63) is 59.0 Å². The van der Waals surface area contributed by atoms with Crippen LogP contribution < -0.4 is 29.6 Å². The second-order valence-electron chi connectivity index (χ2n) is 7.64. The number of nitrogens with one attached hydrogen (secondary N) is 1. The van der Waals surface area contributed by atoms with E-state index in [4.69, 9.17) is 24.7 Å². The summed E-state index contributed by atoms with van der Waals surface area (Å²) in [4.78, 5) is 2.01. The van der Waals surface area contributed by atoms with Gasteiger partial charge in [-0.25, -0.2) is 0 Å². The number of rotatable bonds is 6. The van der Waals surface area contributed by atoms with E-state index in [1.54, 1.807) is 21.3 Å². The first-order chi connectivity index (χ1) is 15.9. The van der Waals surface area contributed by atoms with Gasteiger partial charge in [0.05, 0.1) is 38.5 Å². The molecule has 4 rings (SSSR count). The smallest absolute Gasteiger partial charge is 0.244 e. The maximum atomic E-state index is 9.93. The Labute approximate surface area is 191 Å². The Morgan fingerprint density at radius 1 is 1.06 bits per heavy atom. The number of nitrogens with two attached hydrogens (primary N) is 1. The van der Waals surface area contributed by atoms with Gasteiger partial charge in [0, 0.05) is 25.3 Å². The topological polar surface area (TPSA) is 119 Å². The number of H-pyrrole nitrogens is 1. The minimum atomic E-state index is -0.470. The molecule has 1 aromatic heterocycles. The van der Waals surface area contributed by atoms with Gasteiger partial charge in [-0.1, -0.05) is 12.1 Å². The molecule has 3 N–H and O–H groups in total. The van der Waals surface area contributed by atoms with Crippen LogP contribution in [0.4, 0.5) is 5.69 Å². The highest BCUT2D eigenvalue weighted by molar-refractivity contribution is 5.75. The standard InChI is InChI=1S/C24H25N5O4/c1-29(2)15-8-6-13(7-9-15)19-16(12-25)23(26)33-24-20(19)21(27-28-24)14-10-17(30-3)22(32-5)18(11-14)31-4/h6-11,19H,26H2,1-5H3,(H,27,28). The number of fused-ring (bicyclic) bond motifs is 1. The number of aromatic nitrogens is 2. The number of benzene rings is 2. The van der Waals surface area contributed by atoms with Crippen LogP contribution in [0.1, 0.15) is 17.0 Å². The Morgan fingerprint density at radius 2 is 1.70 bits per heavy atom. The van der Waals surface area contributed by atoms with E-state index in [1.807, 2.05) is 55.4 Å². The van der Waals surface area contributed by atoms with Gasteiger partial charge in [0.1, 0.15) is 11.6 Å². The molecule has 2 heterocycles. The predicted octanol–water partition coefficient (Wildman–Crippen LogP) is 3.39. The molecule has 0 saturated carbocycles. The van der Waals surface area contributed by atoms with Crippen molar-refractivity contribution < 1.29 is 18.9 Å². The molecule has 0 amide bonds. The molecule has 1 aliphatic rings.